The maximum atomic E-state index is 11.9. The third-order valence-corrected chi connectivity index (χ3v) is 5.93. The molecule has 0 amide bonds. The van der Waals surface area contributed by atoms with E-state index < -0.39 is 11.5 Å². The molecule has 156 valence electrons. The van der Waals surface area contributed by atoms with Gasteiger partial charge in [-0.15, -0.1) is 0 Å². The molecule has 0 atom stereocenters. The van der Waals surface area contributed by atoms with Gasteiger partial charge in [0.05, 0.1) is 20.6 Å². The molecule has 0 spiro atoms. The quantitative estimate of drug-likeness (QED) is 0.251. The largest absolute Gasteiger partial charge is 0.477 e. The first-order chi connectivity index (χ1) is 12.4. The first-order valence-corrected chi connectivity index (χ1v) is 10.7. The van der Waals surface area contributed by atoms with Crippen LogP contribution < -0.4 is 0 Å². The number of carbonyl (C=O) groups is 1. The highest BCUT2D eigenvalue weighted by Crippen LogP contribution is 2.30. The molecule has 0 aliphatic rings. The summed E-state index contributed by atoms with van der Waals surface area (Å²) >= 11 is 0. The minimum Gasteiger partial charge on any atom is -0.477 e. The second-order valence-corrected chi connectivity index (χ2v) is 8.23. The lowest BCUT2D eigenvalue weighted by Crippen LogP contribution is -2.65. The number of aliphatic hydroxyl groups is 2. The highest BCUT2D eigenvalue weighted by Gasteiger charge is 2.51. The van der Waals surface area contributed by atoms with Gasteiger partial charge < -0.3 is 19.8 Å². The molecule has 0 aromatic carbocycles. The van der Waals surface area contributed by atoms with Crippen LogP contribution in [0.3, 0.4) is 0 Å². The van der Waals surface area contributed by atoms with Crippen LogP contribution in [0.1, 0.15) is 90.4 Å². The Morgan fingerprint density at radius 2 is 1.15 bits per heavy atom. The van der Waals surface area contributed by atoms with E-state index in [0.29, 0.717) is 4.48 Å². The maximum Gasteiger partial charge on any atom is 0.365 e. The summed E-state index contributed by atoms with van der Waals surface area (Å²) in [7, 11) is 3.82. The van der Waals surface area contributed by atoms with Gasteiger partial charge in [-0.1, -0.05) is 64.7 Å². The number of aliphatic carboxylic acids is 1. The molecule has 0 aliphatic heterocycles. The van der Waals surface area contributed by atoms with Gasteiger partial charge in [-0.2, -0.15) is 0 Å². The van der Waals surface area contributed by atoms with Crippen LogP contribution in [-0.4, -0.2) is 65.2 Å². The van der Waals surface area contributed by atoms with E-state index >= 15 is 0 Å². The monoisotopic (exact) mass is 374 g/mol. The lowest BCUT2D eigenvalue weighted by atomic mass is 9.87. The summed E-state index contributed by atoms with van der Waals surface area (Å²) in [6, 6.07) is 0. The Hall–Kier alpha value is -0.650. The Bertz CT molecular complexity index is 352. The second-order valence-electron chi connectivity index (χ2n) is 8.23. The molecule has 3 N–H and O–H groups in total. The zero-order valence-electron chi connectivity index (χ0n) is 17.5. The molecule has 0 unspecified atom stereocenters. The molecular formula is C21H44NO4+. The smallest absolute Gasteiger partial charge is 0.365 e. The molecule has 26 heavy (non-hydrogen) atoms. The maximum absolute atomic E-state index is 11.9. The Kier molecular flexibility index (Phi) is 14.1. The van der Waals surface area contributed by atoms with E-state index in [-0.39, 0.29) is 26.1 Å². The fourth-order valence-corrected chi connectivity index (χ4v) is 3.96. The molecule has 0 saturated carbocycles. The van der Waals surface area contributed by atoms with Crippen LogP contribution in [-0.2, 0) is 4.79 Å². The SMILES string of the molecule is CCCCCCCCCCCCC[N+](C)(C)C(CCO)(CCO)C(=O)O. The van der Waals surface area contributed by atoms with E-state index in [2.05, 4.69) is 6.92 Å². The van der Waals surface area contributed by atoms with Crippen molar-refractivity contribution in [2.45, 2.75) is 95.9 Å². The lowest BCUT2D eigenvalue weighted by Gasteiger charge is -2.45. The van der Waals surface area contributed by atoms with E-state index in [1.807, 2.05) is 14.1 Å². The molecule has 0 rings (SSSR count). The van der Waals surface area contributed by atoms with Crippen LogP contribution >= 0.6 is 0 Å². The summed E-state index contributed by atoms with van der Waals surface area (Å²) in [6.45, 7) is 2.65. The highest BCUT2D eigenvalue weighted by atomic mass is 16.4. The Balaban J connectivity index is 4.12. The topological polar surface area (TPSA) is 77.8 Å². The number of carboxylic acid groups (broad SMARTS) is 1. The van der Waals surface area contributed by atoms with Crippen molar-refractivity contribution < 1.29 is 24.6 Å². The van der Waals surface area contributed by atoms with Gasteiger partial charge in [-0.05, 0) is 12.8 Å². The average Bonchev–Trinajstić information content (AvgIpc) is 2.59. The fraction of sp³-hybridized carbons (Fsp3) is 0.952. The van der Waals surface area contributed by atoms with Crippen molar-refractivity contribution in [1.29, 1.82) is 0 Å². The average molecular weight is 375 g/mol. The van der Waals surface area contributed by atoms with E-state index in [9.17, 15) is 20.1 Å². The van der Waals surface area contributed by atoms with Crippen LogP contribution in [0.5, 0.6) is 0 Å². The van der Waals surface area contributed by atoms with Gasteiger partial charge in [0.2, 0.25) is 5.54 Å². The summed E-state index contributed by atoms with van der Waals surface area (Å²) in [6.07, 6.45) is 14.3. The molecule has 5 nitrogen and oxygen atoms in total. The molecule has 0 aromatic rings. The molecule has 0 bridgehead atoms. The molecule has 0 heterocycles. The van der Waals surface area contributed by atoms with Gasteiger partial charge in [0, 0.05) is 26.1 Å². The molecular weight excluding hydrogens is 330 g/mol. The number of rotatable bonds is 18. The number of carboxylic acids is 1. The van der Waals surface area contributed by atoms with Gasteiger partial charge in [-0.3, -0.25) is 0 Å². The van der Waals surface area contributed by atoms with E-state index in [1.165, 1.54) is 57.8 Å². The minimum atomic E-state index is -1.11. The zero-order valence-corrected chi connectivity index (χ0v) is 17.5. The Morgan fingerprint density at radius 1 is 0.769 bits per heavy atom. The summed E-state index contributed by atoms with van der Waals surface area (Å²) in [5.41, 5.74) is -1.11. The number of hydrogen-bond donors (Lipinski definition) is 3. The Morgan fingerprint density at radius 3 is 1.50 bits per heavy atom. The van der Waals surface area contributed by atoms with Crippen molar-refractivity contribution in [3.8, 4) is 0 Å². The van der Waals surface area contributed by atoms with Gasteiger partial charge >= 0.3 is 5.97 Å². The van der Waals surface area contributed by atoms with E-state index in [0.717, 1.165) is 19.4 Å². The molecule has 0 aliphatic carbocycles. The number of aliphatic hydroxyl groups excluding tert-OH is 2. The zero-order chi connectivity index (χ0) is 19.9. The minimum absolute atomic E-state index is 0.174. The molecule has 0 aromatic heterocycles. The highest BCUT2D eigenvalue weighted by molar-refractivity contribution is 5.77. The number of likely N-dealkylation sites (N-methyl/N-ethyl adjacent to an activating group) is 1. The number of quaternary nitrogens is 1. The molecule has 0 radical (unpaired) electrons. The van der Waals surface area contributed by atoms with Crippen molar-refractivity contribution in [2.75, 3.05) is 33.9 Å². The lowest BCUT2D eigenvalue weighted by molar-refractivity contribution is -0.933. The predicted molar refractivity (Wildman–Crippen MR) is 107 cm³/mol. The number of hydrogen-bond acceptors (Lipinski definition) is 3. The van der Waals surface area contributed by atoms with Crippen molar-refractivity contribution in [1.82, 2.24) is 0 Å². The van der Waals surface area contributed by atoms with E-state index in [1.54, 1.807) is 0 Å². The Labute approximate surface area is 161 Å². The molecule has 0 saturated heterocycles. The van der Waals surface area contributed by atoms with Crippen molar-refractivity contribution in [3.05, 3.63) is 0 Å². The van der Waals surface area contributed by atoms with Crippen LogP contribution in [0, 0.1) is 0 Å². The first-order valence-electron chi connectivity index (χ1n) is 10.7. The molecule has 0 fully saturated rings. The molecule has 5 heteroatoms. The van der Waals surface area contributed by atoms with Crippen molar-refractivity contribution in [3.63, 3.8) is 0 Å². The van der Waals surface area contributed by atoms with Crippen LogP contribution in [0.25, 0.3) is 0 Å². The van der Waals surface area contributed by atoms with Gasteiger partial charge in [0.1, 0.15) is 0 Å². The van der Waals surface area contributed by atoms with Gasteiger partial charge in [0.25, 0.3) is 0 Å². The normalized spacial score (nSPS) is 12.5. The third-order valence-electron chi connectivity index (χ3n) is 5.93. The second kappa shape index (κ2) is 14.4. The van der Waals surface area contributed by atoms with Crippen molar-refractivity contribution >= 4 is 5.97 Å². The van der Waals surface area contributed by atoms with Crippen LogP contribution in [0.4, 0.5) is 0 Å². The summed E-state index contributed by atoms with van der Waals surface area (Å²) < 4.78 is 0.306. The van der Waals surface area contributed by atoms with Crippen LogP contribution in [0.15, 0.2) is 0 Å². The van der Waals surface area contributed by atoms with Gasteiger partial charge in [-0.25, -0.2) is 4.79 Å². The summed E-state index contributed by atoms with van der Waals surface area (Å²) in [5, 5.41) is 28.5. The van der Waals surface area contributed by atoms with E-state index in [4.69, 9.17) is 0 Å². The van der Waals surface area contributed by atoms with Gasteiger partial charge in [0.15, 0.2) is 0 Å². The van der Waals surface area contributed by atoms with Crippen molar-refractivity contribution in [2.24, 2.45) is 0 Å². The first kappa shape index (κ1) is 25.4. The summed E-state index contributed by atoms with van der Waals surface area (Å²) in [5.74, 6) is -0.923. The standard InChI is InChI=1S/C21H43NO4/c1-4-5-6-7-8-9-10-11-12-13-14-17-22(2,3)21(15-18-23,16-19-24)20(25)26/h23-24H,4-19H2,1-3H3/p+1. The summed E-state index contributed by atoms with van der Waals surface area (Å²) in [4.78, 5) is 11.9. The predicted octanol–water partition coefficient (Wildman–Crippen LogP) is 3.96. The number of unbranched alkanes of at least 4 members (excludes halogenated alkanes) is 10. The fourth-order valence-electron chi connectivity index (χ4n) is 3.96. The third kappa shape index (κ3) is 8.83. The number of nitrogens with zero attached hydrogens (tertiary/aromatic N) is 1. The van der Waals surface area contributed by atoms with Crippen LogP contribution in [0.2, 0.25) is 0 Å².